The molecule has 0 saturated carbocycles. The summed E-state index contributed by atoms with van der Waals surface area (Å²) in [6.07, 6.45) is -3.27. The van der Waals surface area contributed by atoms with Crippen molar-refractivity contribution in [2.75, 3.05) is 10.6 Å². The van der Waals surface area contributed by atoms with E-state index in [0.717, 1.165) is 24.3 Å². The van der Waals surface area contributed by atoms with Crippen LogP contribution in [0.2, 0.25) is 0 Å². The number of nitrogens with one attached hydrogen (secondary N) is 2. The van der Waals surface area contributed by atoms with Crippen molar-refractivity contribution in [2.45, 2.75) is 25.2 Å². The van der Waals surface area contributed by atoms with Gasteiger partial charge in [0.15, 0.2) is 11.5 Å². The highest BCUT2D eigenvalue weighted by Gasteiger charge is 2.44. The number of hydrogen-bond donors (Lipinski definition) is 6. The number of nitrogens with zero attached hydrogens (tertiary/aromatic N) is 4. The predicted octanol–water partition coefficient (Wildman–Crippen LogP) is 3.84. The Morgan fingerprint density at radius 1 is 1.02 bits per heavy atom. The van der Waals surface area contributed by atoms with Gasteiger partial charge in [0, 0.05) is 23.4 Å². The van der Waals surface area contributed by atoms with Crippen LogP contribution < -0.4 is 10.6 Å². The zero-order valence-corrected chi connectivity index (χ0v) is 22.1. The summed E-state index contributed by atoms with van der Waals surface area (Å²) in [6.45, 7) is 2.05. The molecular weight excluding hydrogens is 579 g/mol. The van der Waals surface area contributed by atoms with Crippen molar-refractivity contribution in [3.05, 3.63) is 65.9 Å². The number of carbonyl (C=O) groups is 1. The van der Waals surface area contributed by atoms with Crippen LogP contribution in [0.1, 0.15) is 22.8 Å². The van der Waals surface area contributed by atoms with Gasteiger partial charge < -0.3 is 30.2 Å². The van der Waals surface area contributed by atoms with E-state index >= 15 is 0 Å². The van der Waals surface area contributed by atoms with Gasteiger partial charge in [-0.15, -0.1) is 0 Å². The van der Waals surface area contributed by atoms with E-state index in [1.54, 1.807) is 6.92 Å². The van der Waals surface area contributed by atoms with Gasteiger partial charge in [-0.3, -0.25) is 13.9 Å². The van der Waals surface area contributed by atoms with E-state index in [9.17, 15) is 46.7 Å². The molecule has 0 fully saturated rings. The summed E-state index contributed by atoms with van der Waals surface area (Å²) in [5.41, 5.74) is -2.89. The normalized spacial score (nSPS) is 12.6. The molecule has 0 bridgehead atoms. The summed E-state index contributed by atoms with van der Waals surface area (Å²) >= 11 is 0. The molecule has 2 aromatic carbocycles. The standard InChI is InChI=1S/C22H21F3N6O7P2/c1-2-31-19-16(11-26-31)18(30-21(39(33,34)35)40(36,37)38)28-17(29-19)12-4-3-5-13(10-12)20(32)27-15-8-6-14(7-9-15)22(23,24)25/h3-11,21H,2H2,1H3,(H,27,32)(H,28,29,30)(H2,33,34,35)(H2,36,37,38). The molecule has 0 atom stereocenters. The summed E-state index contributed by atoms with van der Waals surface area (Å²) in [4.78, 5) is 59.6. The molecule has 4 aromatic rings. The fraction of sp³-hybridized carbons (Fsp3) is 0.182. The lowest BCUT2D eigenvalue weighted by Gasteiger charge is -2.21. The van der Waals surface area contributed by atoms with E-state index < -0.39 is 38.4 Å². The van der Waals surface area contributed by atoms with Crippen LogP contribution in [0.3, 0.4) is 0 Å². The van der Waals surface area contributed by atoms with Crippen molar-refractivity contribution >= 4 is 43.6 Å². The average molecular weight is 600 g/mol. The minimum absolute atomic E-state index is 0.0721. The molecule has 0 aliphatic heterocycles. The van der Waals surface area contributed by atoms with Crippen LogP contribution in [-0.4, -0.2) is 50.8 Å². The van der Waals surface area contributed by atoms with E-state index in [1.807, 2.05) is 0 Å². The second-order valence-corrected chi connectivity index (χ2v) is 12.2. The molecule has 2 heterocycles. The number of aryl methyl sites for hydroxylation is 1. The van der Waals surface area contributed by atoms with Crippen LogP contribution in [0.4, 0.5) is 24.7 Å². The first-order valence-electron chi connectivity index (χ1n) is 11.3. The highest BCUT2D eigenvalue weighted by atomic mass is 31.2. The van der Waals surface area contributed by atoms with Gasteiger partial charge in [-0.25, -0.2) is 14.6 Å². The number of amides is 1. The summed E-state index contributed by atoms with van der Waals surface area (Å²) in [5, 5.41) is 8.85. The molecule has 6 N–H and O–H groups in total. The quantitative estimate of drug-likeness (QED) is 0.161. The van der Waals surface area contributed by atoms with E-state index in [2.05, 4.69) is 25.7 Å². The first-order valence-corrected chi connectivity index (χ1v) is 14.6. The summed E-state index contributed by atoms with van der Waals surface area (Å²) in [5.74, 6) is -1.07. The lowest BCUT2D eigenvalue weighted by molar-refractivity contribution is -0.137. The number of carbonyl (C=O) groups excluding carboxylic acids is 1. The van der Waals surface area contributed by atoms with Crippen molar-refractivity contribution in [3.63, 3.8) is 0 Å². The fourth-order valence-corrected chi connectivity index (χ4v) is 5.81. The van der Waals surface area contributed by atoms with Crippen molar-refractivity contribution < 1.29 is 46.7 Å². The third-order valence-electron chi connectivity index (χ3n) is 5.55. The highest BCUT2D eigenvalue weighted by molar-refractivity contribution is 7.71. The van der Waals surface area contributed by atoms with Crippen LogP contribution in [0.25, 0.3) is 22.4 Å². The Morgan fingerprint density at radius 2 is 1.68 bits per heavy atom. The minimum atomic E-state index is -5.37. The molecule has 0 aliphatic carbocycles. The first kappa shape index (κ1) is 29.3. The van der Waals surface area contributed by atoms with Crippen LogP contribution >= 0.6 is 15.2 Å². The van der Waals surface area contributed by atoms with Gasteiger partial charge in [0.25, 0.3) is 5.91 Å². The Hall–Kier alpha value is -3.65. The van der Waals surface area contributed by atoms with Gasteiger partial charge in [0.1, 0.15) is 5.82 Å². The number of aromatic nitrogens is 4. The third kappa shape index (κ3) is 6.39. The maximum atomic E-state index is 12.8. The molecule has 4 rings (SSSR count). The largest absolute Gasteiger partial charge is 0.416 e. The summed E-state index contributed by atoms with van der Waals surface area (Å²) in [7, 11) is -10.7. The maximum absolute atomic E-state index is 12.8. The van der Waals surface area contributed by atoms with Gasteiger partial charge in [-0.05, 0) is 43.3 Å². The molecule has 18 heteroatoms. The fourth-order valence-electron chi connectivity index (χ4n) is 3.66. The lowest BCUT2D eigenvalue weighted by atomic mass is 10.1. The molecule has 1 amide bonds. The number of hydrogen-bond acceptors (Lipinski definition) is 7. The van der Waals surface area contributed by atoms with Crippen LogP contribution in [-0.2, 0) is 21.9 Å². The zero-order valence-electron chi connectivity index (χ0n) is 20.3. The highest BCUT2D eigenvalue weighted by Crippen LogP contribution is 2.59. The van der Waals surface area contributed by atoms with Gasteiger partial charge in [-0.1, -0.05) is 12.1 Å². The molecule has 0 radical (unpaired) electrons. The van der Waals surface area contributed by atoms with Crippen molar-refractivity contribution in [2.24, 2.45) is 0 Å². The SMILES string of the molecule is CCn1ncc2c(NC(P(=O)(O)O)P(=O)(O)O)nc(-c3cccc(C(=O)Nc4ccc(C(F)(F)F)cc4)c3)nc21. The number of fused-ring (bicyclic) bond motifs is 1. The second-order valence-electron chi connectivity index (χ2n) is 8.40. The number of alkyl halides is 3. The lowest BCUT2D eigenvalue weighted by Crippen LogP contribution is -2.21. The van der Waals surface area contributed by atoms with Gasteiger partial charge >= 0.3 is 21.4 Å². The molecule has 0 saturated heterocycles. The molecular formula is C22H21F3N6O7P2. The van der Waals surface area contributed by atoms with E-state index in [0.29, 0.717) is 6.54 Å². The molecule has 0 aliphatic rings. The van der Waals surface area contributed by atoms with Crippen molar-refractivity contribution in [1.29, 1.82) is 0 Å². The van der Waals surface area contributed by atoms with Crippen molar-refractivity contribution in [1.82, 2.24) is 19.7 Å². The zero-order chi connectivity index (χ0) is 29.5. The topological polar surface area (TPSA) is 200 Å². The Kier molecular flexibility index (Phi) is 7.87. The minimum Gasteiger partial charge on any atom is -0.346 e. The van der Waals surface area contributed by atoms with Crippen LogP contribution in [0.15, 0.2) is 54.7 Å². The van der Waals surface area contributed by atoms with E-state index in [4.69, 9.17) is 0 Å². The number of anilines is 2. The molecule has 212 valence electrons. The predicted molar refractivity (Wildman–Crippen MR) is 137 cm³/mol. The molecule has 0 spiro atoms. The van der Waals surface area contributed by atoms with Crippen molar-refractivity contribution in [3.8, 4) is 11.4 Å². The van der Waals surface area contributed by atoms with Crippen LogP contribution in [0, 0.1) is 0 Å². The number of rotatable bonds is 8. The maximum Gasteiger partial charge on any atom is 0.416 e. The Morgan fingerprint density at radius 3 is 2.25 bits per heavy atom. The molecule has 0 unspecified atom stereocenters. The summed E-state index contributed by atoms with van der Waals surface area (Å²) < 4.78 is 63.5. The Balaban J connectivity index is 1.71. The smallest absolute Gasteiger partial charge is 0.346 e. The molecule has 2 aromatic heterocycles. The van der Waals surface area contributed by atoms with Gasteiger partial charge in [0.2, 0.25) is 5.52 Å². The van der Waals surface area contributed by atoms with Gasteiger partial charge in [-0.2, -0.15) is 18.3 Å². The monoisotopic (exact) mass is 600 g/mol. The number of benzene rings is 2. The third-order valence-corrected chi connectivity index (χ3v) is 8.89. The van der Waals surface area contributed by atoms with E-state index in [1.165, 1.54) is 35.1 Å². The summed E-state index contributed by atoms with van der Waals surface area (Å²) in [6, 6.07) is 9.62. The Bertz CT molecular complexity index is 1650. The average Bonchev–Trinajstić information content (AvgIpc) is 3.29. The molecule has 40 heavy (non-hydrogen) atoms. The number of halogens is 3. The second kappa shape index (κ2) is 10.7. The van der Waals surface area contributed by atoms with Gasteiger partial charge in [0.05, 0.1) is 17.1 Å². The Labute approximate surface area is 223 Å². The van der Waals surface area contributed by atoms with Crippen LogP contribution in [0.5, 0.6) is 0 Å². The van der Waals surface area contributed by atoms with E-state index in [-0.39, 0.29) is 39.5 Å². The molecule has 13 nitrogen and oxygen atoms in total. The first-order chi connectivity index (χ1) is 18.6.